The number of carbonyl (C=O) groups is 2. The highest BCUT2D eigenvalue weighted by Crippen LogP contribution is 2.25. The normalized spacial score (nSPS) is 21.0. The van der Waals surface area contributed by atoms with Gasteiger partial charge in [-0.25, -0.2) is 4.79 Å². The number of amides is 1. The van der Waals surface area contributed by atoms with Gasteiger partial charge < -0.3 is 10.0 Å². The van der Waals surface area contributed by atoms with Gasteiger partial charge in [-0.15, -0.1) is 11.8 Å². The molecule has 1 amide bonds. The molecule has 1 aliphatic carbocycles. The second-order valence-corrected chi connectivity index (χ2v) is 6.35. The van der Waals surface area contributed by atoms with E-state index in [2.05, 4.69) is 12.1 Å². The van der Waals surface area contributed by atoms with Gasteiger partial charge in [0.25, 0.3) is 0 Å². The summed E-state index contributed by atoms with van der Waals surface area (Å²) in [5.74, 6) is -0.0101. The van der Waals surface area contributed by atoms with Crippen LogP contribution in [0, 0.1) is 0 Å². The standard InChI is InChI=1S/C15H17NO3S/c17-14(16-9-20-8-13(16)15(18)19)7-10-4-5-11-2-1-3-12(11)6-10/h4-6,13H,1-3,7-9H2,(H,18,19)/t13-/m0/s1. The van der Waals surface area contributed by atoms with Gasteiger partial charge in [0.15, 0.2) is 0 Å². The van der Waals surface area contributed by atoms with Gasteiger partial charge in [0.1, 0.15) is 6.04 Å². The van der Waals surface area contributed by atoms with Crippen LogP contribution in [-0.4, -0.2) is 39.6 Å². The number of carboxylic acids is 1. The lowest BCUT2D eigenvalue weighted by atomic mass is 10.0. The first-order chi connectivity index (χ1) is 9.65. The van der Waals surface area contributed by atoms with Gasteiger partial charge in [-0.2, -0.15) is 0 Å². The van der Waals surface area contributed by atoms with Crippen LogP contribution in [0.4, 0.5) is 0 Å². The zero-order valence-electron chi connectivity index (χ0n) is 11.2. The molecule has 106 valence electrons. The summed E-state index contributed by atoms with van der Waals surface area (Å²) in [6.07, 6.45) is 3.72. The first-order valence-corrected chi connectivity index (χ1v) is 8.01. The van der Waals surface area contributed by atoms with Crippen molar-refractivity contribution in [1.29, 1.82) is 0 Å². The van der Waals surface area contributed by atoms with Gasteiger partial charge in [-0.05, 0) is 36.0 Å². The molecule has 5 heteroatoms. The predicted molar refractivity (Wildman–Crippen MR) is 77.8 cm³/mol. The number of benzene rings is 1. The van der Waals surface area contributed by atoms with Crippen molar-refractivity contribution in [1.82, 2.24) is 4.90 Å². The molecule has 20 heavy (non-hydrogen) atoms. The average Bonchev–Trinajstić information content (AvgIpc) is 3.06. The lowest BCUT2D eigenvalue weighted by Crippen LogP contribution is -2.42. The molecule has 0 bridgehead atoms. The fourth-order valence-electron chi connectivity index (χ4n) is 2.90. The first-order valence-electron chi connectivity index (χ1n) is 6.86. The molecule has 4 nitrogen and oxygen atoms in total. The monoisotopic (exact) mass is 291 g/mol. The molecule has 2 aliphatic rings. The zero-order chi connectivity index (χ0) is 14.1. The van der Waals surface area contributed by atoms with E-state index in [1.54, 1.807) is 0 Å². The third kappa shape index (κ3) is 2.54. The molecular formula is C15H17NO3S. The van der Waals surface area contributed by atoms with Crippen molar-refractivity contribution in [3.05, 3.63) is 34.9 Å². The quantitative estimate of drug-likeness (QED) is 0.921. The molecule has 1 saturated heterocycles. The van der Waals surface area contributed by atoms with Gasteiger partial charge in [0, 0.05) is 5.75 Å². The molecule has 0 spiro atoms. The van der Waals surface area contributed by atoms with E-state index in [1.165, 1.54) is 34.2 Å². The number of nitrogens with zero attached hydrogens (tertiary/aromatic N) is 1. The Bertz CT molecular complexity index is 558. The molecule has 1 atom stereocenters. The number of aryl methyl sites for hydroxylation is 2. The van der Waals surface area contributed by atoms with Crippen LogP contribution in [0.15, 0.2) is 18.2 Å². The van der Waals surface area contributed by atoms with Crippen molar-refractivity contribution >= 4 is 23.6 Å². The largest absolute Gasteiger partial charge is 0.480 e. The molecule has 0 radical (unpaired) electrons. The molecule has 1 heterocycles. The summed E-state index contributed by atoms with van der Waals surface area (Å²) in [7, 11) is 0. The highest BCUT2D eigenvalue weighted by molar-refractivity contribution is 7.99. The second-order valence-electron chi connectivity index (χ2n) is 5.35. The summed E-state index contributed by atoms with van der Waals surface area (Å²) in [6.45, 7) is 0. The Hall–Kier alpha value is -1.49. The van der Waals surface area contributed by atoms with Crippen LogP contribution >= 0.6 is 11.8 Å². The number of thioether (sulfide) groups is 1. The molecule has 3 rings (SSSR count). The third-order valence-electron chi connectivity index (χ3n) is 4.01. The highest BCUT2D eigenvalue weighted by Gasteiger charge is 2.34. The maximum Gasteiger partial charge on any atom is 0.327 e. The minimum absolute atomic E-state index is 0.0830. The fourth-order valence-corrected chi connectivity index (χ4v) is 4.08. The van der Waals surface area contributed by atoms with E-state index < -0.39 is 12.0 Å². The summed E-state index contributed by atoms with van der Waals surface area (Å²) in [5, 5.41) is 9.12. The van der Waals surface area contributed by atoms with Crippen LogP contribution in [0.3, 0.4) is 0 Å². The fraction of sp³-hybridized carbons (Fsp3) is 0.467. The summed E-state index contributed by atoms with van der Waals surface area (Å²) in [5.41, 5.74) is 3.74. The molecule has 1 aliphatic heterocycles. The Morgan fingerprint density at radius 3 is 2.90 bits per heavy atom. The summed E-state index contributed by atoms with van der Waals surface area (Å²) < 4.78 is 0. The van der Waals surface area contributed by atoms with Gasteiger partial charge in [-0.1, -0.05) is 18.2 Å². The number of carbonyl (C=O) groups excluding carboxylic acids is 1. The van der Waals surface area contributed by atoms with Gasteiger partial charge in [0.05, 0.1) is 12.3 Å². The summed E-state index contributed by atoms with van der Waals surface area (Å²) in [4.78, 5) is 24.9. The molecule has 1 aromatic rings. The number of aliphatic carboxylic acids is 1. The van der Waals surface area contributed by atoms with Crippen molar-refractivity contribution in [2.75, 3.05) is 11.6 Å². The van der Waals surface area contributed by atoms with Crippen molar-refractivity contribution in [3.8, 4) is 0 Å². The van der Waals surface area contributed by atoms with Crippen molar-refractivity contribution in [3.63, 3.8) is 0 Å². The van der Waals surface area contributed by atoms with Crippen LogP contribution in [0.25, 0.3) is 0 Å². The first kappa shape index (κ1) is 13.5. The van der Waals surface area contributed by atoms with E-state index in [4.69, 9.17) is 5.11 Å². The van der Waals surface area contributed by atoms with E-state index in [-0.39, 0.29) is 5.91 Å². The van der Waals surface area contributed by atoms with E-state index in [9.17, 15) is 9.59 Å². The SMILES string of the molecule is O=C(O)[C@@H]1CSCN1C(=O)Cc1ccc2c(c1)CCC2. The maximum atomic E-state index is 12.3. The third-order valence-corrected chi connectivity index (χ3v) is 5.02. The Balaban J connectivity index is 1.71. The number of fused-ring (bicyclic) bond motifs is 1. The smallest absolute Gasteiger partial charge is 0.327 e. The highest BCUT2D eigenvalue weighted by atomic mass is 32.2. The molecule has 1 aromatic carbocycles. The van der Waals surface area contributed by atoms with E-state index in [0.29, 0.717) is 18.1 Å². The van der Waals surface area contributed by atoms with Crippen molar-refractivity contribution in [2.45, 2.75) is 31.7 Å². The number of carboxylic acid groups (broad SMARTS) is 1. The number of rotatable bonds is 3. The van der Waals surface area contributed by atoms with Crippen LogP contribution in [0.1, 0.15) is 23.1 Å². The van der Waals surface area contributed by atoms with Gasteiger partial charge in [-0.3, -0.25) is 4.79 Å². The molecule has 1 fully saturated rings. The average molecular weight is 291 g/mol. The Labute approximate surface area is 122 Å². The van der Waals surface area contributed by atoms with Gasteiger partial charge >= 0.3 is 5.97 Å². The second kappa shape index (κ2) is 5.48. The Morgan fingerprint density at radius 2 is 2.10 bits per heavy atom. The van der Waals surface area contributed by atoms with Crippen molar-refractivity contribution in [2.24, 2.45) is 0 Å². The van der Waals surface area contributed by atoms with Crippen LogP contribution < -0.4 is 0 Å². The molecular weight excluding hydrogens is 274 g/mol. The maximum absolute atomic E-state index is 12.3. The van der Waals surface area contributed by atoms with Crippen LogP contribution in [0.5, 0.6) is 0 Å². The minimum atomic E-state index is -0.905. The topological polar surface area (TPSA) is 57.6 Å². The molecule has 1 N–H and O–H groups in total. The molecule has 0 aromatic heterocycles. The summed E-state index contributed by atoms with van der Waals surface area (Å²) >= 11 is 1.50. The van der Waals surface area contributed by atoms with E-state index in [1.807, 2.05) is 6.07 Å². The van der Waals surface area contributed by atoms with Crippen LogP contribution in [-0.2, 0) is 28.9 Å². The molecule has 0 saturated carbocycles. The van der Waals surface area contributed by atoms with E-state index >= 15 is 0 Å². The Kier molecular flexibility index (Phi) is 3.70. The Morgan fingerprint density at radius 1 is 1.30 bits per heavy atom. The lowest BCUT2D eigenvalue weighted by Gasteiger charge is -2.20. The number of hydrogen-bond acceptors (Lipinski definition) is 3. The van der Waals surface area contributed by atoms with Crippen molar-refractivity contribution < 1.29 is 14.7 Å². The predicted octanol–water partition coefficient (Wildman–Crippen LogP) is 1.70. The zero-order valence-corrected chi connectivity index (χ0v) is 12.0. The van der Waals surface area contributed by atoms with Crippen LogP contribution in [0.2, 0.25) is 0 Å². The van der Waals surface area contributed by atoms with Gasteiger partial charge in [0.2, 0.25) is 5.91 Å². The van der Waals surface area contributed by atoms with E-state index in [0.717, 1.165) is 18.4 Å². The summed E-state index contributed by atoms with van der Waals surface area (Å²) in [6, 6.07) is 5.56. The minimum Gasteiger partial charge on any atom is -0.480 e. The molecule has 0 unspecified atom stereocenters. The lowest BCUT2D eigenvalue weighted by molar-refractivity contribution is -0.147. The number of hydrogen-bond donors (Lipinski definition) is 1.